The van der Waals surface area contributed by atoms with Gasteiger partial charge in [-0.15, -0.1) is 0 Å². The second-order valence-electron chi connectivity index (χ2n) is 6.78. The standard InChI is InChI=1S/C21H28BrN3O3/c1-15-5-7-17(8-6-15)24-21(26)14-28-20-12-18(22)16(11-19(20)27-4)13-23-9-10-25(2)3/h5-8,11-12,23H,9-10,13-14H2,1-4H3,(H,24,26). The summed E-state index contributed by atoms with van der Waals surface area (Å²) in [4.78, 5) is 14.3. The van der Waals surface area contributed by atoms with Crippen LogP contribution in [0.4, 0.5) is 5.69 Å². The van der Waals surface area contributed by atoms with Gasteiger partial charge in [0.2, 0.25) is 0 Å². The van der Waals surface area contributed by atoms with Gasteiger partial charge in [-0.2, -0.15) is 0 Å². The number of amides is 1. The number of ether oxygens (including phenoxy) is 2. The van der Waals surface area contributed by atoms with Gasteiger partial charge in [0.05, 0.1) is 7.11 Å². The fourth-order valence-corrected chi connectivity index (χ4v) is 2.95. The van der Waals surface area contributed by atoms with Crippen molar-refractivity contribution in [3.63, 3.8) is 0 Å². The molecule has 28 heavy (non-hydrogen) atoms. The van der Waals surface area contributed by atoms with Crippen molar-refractivity contribution in [2.45, 2.75) is 13.5 Å². The first-order valence-electron chi connectivity index (χ1n) is 9.10. The van der Waals surface area contributed by atoms with E-state index < -0.39 is 0 Å². The maximum Gasteiger partial charge on any atom is 0.262 e. The second-order valence-corrected chi connectivity index (χ2v) is 7.63. The van der Waals surface area contributed by atoms with Crippen molar-refractivity contribution in [1.82, 2.24) is 10.2 Å². The van der Waals surface area contributed by atoms with E-state index >= 15 is 0 Å². The van der Waals surface area contributed by atoms with Gasteiger partial charge in [-0.05, 0) is 50.8 Å². The molecule has 0 spiro atoms. The average molecular weight is 450 g/mol. The van der Waals surface area contributed by atoms with E-state index in [-0.39, 0.29) is 12.5 Å². The quantitative estimate of drug-likeness (QED) is 0.544. The maximum absolute atomic E-state index is 12.1. The van der Waals surface area contributed by atoms with Gasteiger partial charge in [0, 0.05) is 29.8 Å². The van der Waals surface area contributed by atoms with E-state index in [1.807, 2.05) is 57.4 Å². The van der Waals surface area contributed by atoms with Crippen LogP contribution in [0.2, 0.25) is 0 Å². The van der Waals surface area contributed by atoms with E-state index in [1.165, 1.54) is 0 Å². The van der Waals surface area contributed by atoms with Crippen LogP contribution in [-0.4, -0.2) is 51.7 Å². The van der Waals surface area contributed by atoms with Crippen LogP contribution in [0.25, 0.3) is 0 Å². The lowest BCUT2D eigenvalue weighted by molar-refractivity contribution is -0.118. The number of halogens is 1. The molecule has 0 aliphatic rings. The molecule has 0 saturated carbocycles. The number of rotatable bonds is 10. The van der Waals surface area contributed by atoms with Crippen molar-refractivity contribution >= 4 is 27.5 Å². The van der Waals surface area contributed by atoms with Crippen molar-refractivity contribution < 1.29 is 14.3 Å². The number of benzene rings is 2. The predicted molar refractivity (Wildman–Crippen MR) is 116 cm³/mol. The van der Waals surface area contributed by atoms with E-state index in [0.29, 0.717) is 18.0 Å². The first-order valence-corrected chi connectivity index (χ1v) is 9.89. The highest BCUT2D eigenvalue weighted by atomic mass is 79.9. The lowest BCUT2D eigenvalue weighted by atomic mass is 10.2. The fraction of sp³-hybridized carbons (Fsp3) is 0.381. The minimum absolute atomic E-state index is 0.100. The largest absolute Gasteiger partial charge is 0.493 e. The minimum Gasteiger partial charge on any atom is -0.493 e. The summed E-state index contributed by atoms with van der Waals surface area (Å²) in [6.45, 7) is 4.46. The van der Waals surface area contributed by atoms with Crippen molar-refractivity contribution in [2.75, 3.05) is 46.2 Å². The Morgan fingerprint density at radius 3 is 2.50 bits per heavy atom. The summed E-state index contributed by atoms with van der Waals surface area (Å²) in [5.41, 5.74) is 2.94. The van der Waals surface area contributed by atoms with Crippen LogP contribution in [0, 0.1) is 6.92 Å². The summed E-state index contributed by atoms with van der Waals surface area (Å²) in [5, 5.41) is 6.21. The van der Waals surface area contributed by atoms with Crippen LogP contribution in [-0.2, 0) is 11.3 Å². The van der Waals surface area contributed by atoms with Crippen molar-refractivity contribution in [3.05, 3.63) is 52.0 Å². The van der Waals surface area contributed by atoms with E-state index in [2.05, 4.69) is 31.5 Å². The van der Waals surface area contributed by atoms with E-state index in [1.54, 1.807) is 7.11 Å². The number of hydrogen-bond acceptors (Lipinski definition) is 5. The Morgan fingerprint density at radius 1 is 1.14 bits per heavy atom. The number of likely N-dealkylation sites (N-methyl/N-ethyl adjacent to an activating group) is 1. The van der Waals surface area contributed by atoms with Crippen molar-refractivity contribution in [1.29, 1.82) is 0 Å². The Morgan fingerprint density at radius 2 is 1.86 bits per heavy atom. The molecule has 1 amide bonds. The molecule has 0 heterocycles. The van der Waals surface area contributed by atoms with Gasteiger partial charge >= 0.3 is 0 Å². The molecule has 2 rings (SSSR count). The van der Waals surface area contributed by atoms with Gasteiger partial charge in [-0.25, -0.2) is 0 Å². The summed E-state index contributed by atoms with van der Waals surface area (Å²) in [5.74, 6) is 0.887. The SMILES string of the molecule is COc1cc(CNCCN(C)C)c(Br)cc1OCC(=O)Nc1ccc(C)cc1. The predicted octanol–water partition coefficient (Wildman–Crippen LogP) is 3.43. The smallest absolute Gasteiger partial charge is 0.262 e. The minimum atomic E-state index is -0.226. The molecule has 0 atom stereocenters. The monoisotopic (exact) mass is 449 g/mol. The van der Waals surface area contributed by atoms with Crippen LogP contribution in [0.5, 0.6) is 11.5 Å². The van der Waals surface area contributed by atoms with Crippen molar-refractivity contribution in [2.24, 2.45) is 0 Å². The lowest BCUT2D eigenvalue weighted by Gasteiger charge is -2.15. The molecule has 7 heteroatoms. The average Bonchev–Trinajstić information content (AvgIpc) is 2.66. The number of carbonyl (C=O) groups is 1. The van der Waals surface area contributed by atoms with Gasteiger partial charge in [-0.3, -0.25) is 4.79 Å². The molecule has 0 saturated heterocycles. The number of aryl methyl sites for hydroxylation is 1. The third-order valence-electron chi connectivity index (χ3n) is 4.08. The first kappa shape index (κ1) is 22.2. The fourth-order valence-electron chi connectivity index (χ4n) is 2.49. The Bertz CT molecular complexity index is 779. The van der Waals surface area contributed by atoms with Crippen LogP contribution >= 0.6 is 15.9 Å². The molecule has 0 fully saturated rings. The highest BCUT2D eigenvalue weighted by Crippen LogP contribution is 2.33. The van der Waals surface area contributed by atoms with Crippen molar-refractivity contribution in [3.8, 4) is 11.5 Å². The molecule has 2 aromatic rings. The molecule has 0 radical (unpaired) electrons. The Hall–Kier alpha value is -2.09. The van der Waals surface area contributed by atoms with Gasteiger partial charge in [0.1, 0.15) is 0 Å². The second kappa shape index (κ2) is 11.0. The molecule has 2 aromatic carbocycles. The number of methoxy groups -OCH3 is 1. The number of nitrogens with zero attached hydrogens (tertiary/aromatic N) is 1. The van der Waals surface area contributed by atoms with Crippen LogP contribution in [0.1, 0.15) is 11.1 Å². The Kier molecular flexibility index (Phi) is 8.76. The molecule has 152 valence electrons. The highest BCUT2D eigenvalue weighted by Gasteiger charge is 2.12. The molecule has 0 aromatic heterocycles. The number of carbonyl (C=O) groups excluding carboxylic acids is 1. The number of nitrogens with one attached hydrogen (secondary N) is 2. The number of hydrogen-bond donors (Lipinski definition) is 2. The molecule has 2 N–H and O–H groups in total. The first-order chi connectivity index (χ1) is 13.4. The van der Waals surface area contributed by atoms with E-state index in [9.17, 15) is 4.79 Å². The van der Waals surface area contributed by atoms with Crippen LogP contribution in [0.15, 0.2) is 40.9 Å². The Labute approximate surface area is 175 Å². The zero-order valence-corrected chi connectivity index (χ0v) is 18.4. The summed E-state index contributed by atoms with van der Waals surface area (Å²) in [7, 11) is 5.68. The lowest BCUT2D eigenvalue weighted by Crippen LogP contribution is -2.26. The summed E-state index contributed by atoms with van der Waals surface area (Å²) in [6, 6.07) is 11.4. The zero-order chi connectivity index (χ0) is 20.5. The van der Waals surface area contributed by atoms with Gasteiger partial charge in [-0.1, -0.05) is 33.6 Å². The molecule has 0 unspecified atom stereocenters. The topological polar surface area (TPSA) is 62.8 Å². The van der Waals surface area contributed by atoms with Gasteiger partial charge in [0.25, 0.3) is 5.91 Å². The van der Waals surface area contributed by atoms with Gasteiger partial charge in [0.15, 0.2) is 18.1 Å². The van der Waals surface area contributed by atoms with E-state index in [4.69, 9.17) is 9.47 Å². The van der Waals surface area contributed by atoms with Gasteiger partial charge < -0.3 is 25.0 Å². The number of anilines is 1. The third-order valence-corrected chi connectivity index (χ3v) is 4.82. The van der Waals surface area contributed by atoms with Crippen LogP contribution < -0.4 is 20.1 Å². The molecule has 6 nitrogen and oxygen atoms in total. The molecule has 0 aliphatic carbocycles. The summed E-state index contributed by atoms with van der Waals surface area (Å²) < 4.78 is 12.0. The Balaban J connectivity index is 1.94. The molecular formula is C21H28BrN3O3. The van der Waals surface area contributed by atoms with E-state index in [0.717, 1.165) is 34.4 Å². The summed E-state index contributed by atoms with van der Waals surface area (Å²) in [6.07, 6.45) is 0. The van der Waals surface area contributed by atoms with Crippen LogP contribution in [0.3, 0.4) is 0 Å². The normalized spacial score (nSPS) is 10.8. The highest BCUT2D eigenvalue weighted by molar-refractivity contribution is 9.10. The molecule has 0 bridgehead atoms. The molecule has 0 aliphatic heterocycles. The molecular weight excluding hydrogens is 422 g/mol. The maximum atomic E-state index is 12.1. The summed E-state index contributed by atoms with van der Waals surface area (Å²) >= 11 is 3.57. The zero-order valence-electron chi connectivity index (χ0n) is 16.8. The third kappa shape index (κ3) is 7.14.